The molecule has 1 aliphatic heterocycles. The summed E-state index contributed by atoms with van der Waals surface area (Å²) in [6.07, 6.45) is -1.59. The molecule has 1 N–H and O–H groups in total. The number of hydrogen-bond donors (Lipinski definition) is 1. The first-order chi connectivity index (χ1) is 11.3. The first-order valence-electron chi connectivity index (χ1n) is 7.23. The van der Waals surface area contributed by atoms with Gasteiger partial charge in [-0.2, -0.15) is 13.2 Å². The van der Waals surface area contributed by atoms with Crippen molar-refractivity contribution in [2.45, 2.75) is 25.6 Å². The first kappa shape index (κ1) is 16.3. The van der Waals surface area contributed by atoms with Crippen LogP contribution in [-0.4, -0.2) is 39.1 Å². The summed E-state index contributed by atoms with van der Waals surface area (Å²) in [5.41, 5.74) is -0.759. The van der Waals surface area contributed by atoms with Gasteiger partial charge in [-0.3, -0.25) is 0 Å². The highest BCUT2D eigenvalue weighted by atomic mass is 19.4. The van der Waals surface area contributed by atoms with Gasteiger partial charge in [-0.25, -0.2) is 24.3 Å². The number of nitrogens with zero attached hydrogens (tertiary/aromatic N) is 5. The van der Waals surface area contributed by atoms with E-state index < -0.39 is 17.7 Å². The third-order valence-corrected chi connectivity index (χ3v) is 3.71. The summed E-state index contributed by atoms with van der Waals surface area (Å²) in [7, 11) is 0. The fourth-order valence-corrected chi connectivity index (χ4v) is 2.50. The zero-order valence-corrected chi connectivity index (χ0v) is 12.7. The van der Waals surface area contributed by atoms with Crippen LogP contribution in [0, 0.1) is 12.7 Å². The molecule has 1 aliphatic rings. The summed E-state index contributed by atoms with van der Waals surface area (Å²) in [5, 5.41) is 2.86. The van der Waals surface area contributed by atoms with Gasteiger partial charge in [0.25, 0.3) is 0 Å². The number of anilines is 2. The van der Waals surface area contributed by atoms with E-state index >= 15 is 0 Å². The van der Waals surface area contributed by atoms with Crippen LogP contribution in [0.3, 0.4) is 0 Å². The predicted octanol–water partition coefficient (Wildman–Crippen LogP) is 2.42. The van der Waals surface area contributed by atoms with Crippen molar-refractivity contribution in [2.24, 2.45) is 0 Å². The molecule has 1 fully saturated rings. The molecule has 6 nitrogen and oxygen atoms in total. The third kappa shape index (κ3) is 3.36. The van der Waals surface area contributed by atoms with E-state index in [1.807, 2.05) is 0 Å². The number of alkyl halides is 3. The zero-order valence-electron chi connectivity index (χ0n) is 12.7. The van der Waals surface area contributed by atoms with Gasteiger partial charge in [-0.15, -0.1) is 0 Å². The van der Waals surface area contributed by atoms with Crippen LogP contribution >= 0.6 is 0 Å². The standard InChI is InChI=1S/C14H14F4N6/c1-8-11(15)12(21-7-20-8)24-5-3-9(6-24)22-13-19-4-2-10(23-13)14(16,17)18/h2,4,7,9H,3,5-6H2,1H3,(H,19,22,23). The van der Waals surface area contributed by atoms with Crippen LogP contribution in [0.5, 0.6) is 0 Å². The number of halogens is 4. The average Bonchev–Trinajstić information content (AvgIpc) is 2.98. The first-order valence-corrected chi connectivity index (χ1v) is 7.23. The van der Waals surface area contributed by atoms with Crippen molar-refractivity contribution in [2.75, 3.05) is 23.3 Å². The van der Waals surface area contributed by atoms with Gasteiger partial charge in [0.05, 0.1) is 5.69 Å². The molecule has 128 valence electrons. The molecular weight excluding hydrogens is 328 g/mol. The quantitative estimate of drug-likeness (QED) is 0.864. The minimum atomic E-state index is -4.53. The summed E-state index contributed by atoms with van der Waals surface area (Å²) in [6.45, 7) is 2.44. The van der Waals surface area contributed by atoms with Gasteiger partial charge in [0.2, 0.25) is 5.95 Å². The minimum absolute atomic E-state index is 0.101. The summed E-state index contributed by atoms with van der Waals surface area (Å²) < 4.78 is 52.0. The maximum Gasteiger partial charge on any atom is 0.433 e. The van der Waals surface area contributed by atoms with Crippen molar-refractivity contribution < 1.29 is 17.6 Å². The lowest BCUT2D eigenvalue weighted by molar-refractivity contribution is -0.141. The largest absolute Gasteiger partial charge is 0.433 e. The predicted molar refractivity (Wildman–Crippen MR) is 78.0 cm³/mol. The van der Waals surface area contributed by atoms with Crippen molar-refractivity contribution in [3.8, 4) is 0 Å². The molecule has 2 aromatic heterocycles. The average molecular weight is 342 g/mol. The summed E-state index contributed by atoms with van der Waals surface area (Å²) in [6, 6.07) is 0.605. The SMILES string of the molecule is Cc1ncnc(N2CCC(Nc3nccc(C(F)(F)F)n3)C2)c1F. The van der Waals surface area contributed by atoms with E-state index in [9.17, 15) is 17.6 Å². The Morgan fingerprint density at radius 2 is 2.04 bits per heavy atom. The number of aryl methyl sites for hydroxylation is 1. The molecule has 0 radical (unpaired) electrons. The molecule has 1 unspecified atom stereocenters. The number of rotatable bonds is 3. The Balaban J connectivity index is 1.70. The van der Waals surface area contributed by atoms with E-state index in [4.69, 9.17) is 0 Å². The smallest absolute Gasteiger partial charge is 0.352 e. The summed E-state index contributed by atoms with van der Waals surface area (Å²) >= 11 is 0. The Morgan fingerprint density at radius 1 is 1.25 bits per heavy atom. The lowest BCUT2D eigenvalue weighted by Crippen LogP contribution is -2.28. The molecule has 0 saturated carbocycles. The maximum atomic E-state index is 14.1. The highest BCUT2D eigenvalue weighted by Gasteiger charge is 2.33. The minimum Gasteiger partial charge on any atom is -0.352 e. The van der Waals surface area contributed by atoms with Crippen molar-refractivity contribution in [3.63, 3.8) is 0 Å². The topological polar surface area (TPSA) is 66.8 Å². The monoisotopic (exact) mass is 342 g/mol. The van der Waals surface area contributed by atoms with Crippen molar-refractivity contribution in [1.82, 2.24) is 19.9 Å². The second kappa shape index (κ2) is 6.17. The van der Waals surface area contributed by atoms with Crippen LogP contribution in [0.25, 0.3) is 0 Å². The summed E-state index contributed by atoms with van der Waals surface area (Å²) in [5.74, 6) is -0.402. The molecule has 0 amide bonds. The van der Waals surface area contributed by atoms with Gasteiger partial charge in [0, 0.05) is 25.3 Å². The zero-order chi connectivity index (χ0) is 17.3. The Hall–Kier alpha value is -2.52. The Bertz CT molecular complexity index is 735. The van der Waals surface area contributed by atoms with Gasteiger partial charge in [0.1, 0.15) is 12.0 Å². The van der Waals surface area contributed by atoms with Crippen LogP contribution in [0.4, 0.5) is 29.3 Å². The van der Waals surface area contributed by atoms with Crippen molar-refractivity contribution in [3.05, 3.63) is 35.8 Å². The van der Waals surface area contributed by atoms with Gasteiger partial charge >= 0.3 is 6.18 Å². The number of nitrogens with one attached hydrogen (secondary N) is 1. The molecule has 3 rings (SSSR count). The molecular formula is C14H14F4N6. The molecule has 2 aromatic rings. The Labute approximate surface area is 135 Å². The fourth-order valence-electron chi connectivity index (χ4n) is 2.50. The van der Waals surface area contributed by atoms with E-state index in [-0.39, 0.29) is 23.5 Å². The molecule has 3 heterocycles. The molecule has 10 heteroatoms. The van der Waals surface area contributed by atoms with E-state index in [0.717, 1.165) is 12.3 Å². The molecule has 1 saturated heterocycles. The van der Waals surface area contributed by atoms with E-state index in [2.05, 4.69) is 25.3 Å². The third-order valence-electron chi connectivity index (χ3n) is 3.71. The second-order valence-corrected chi connectivity index (χ2v) is 5.44. The number of hydrogen-bond acceptors (Lipinski definition) is 6. The van der Waals surface area contributed by atoms with Gasteiger partial charge in [-0.1, -0.05) is 0 Å². The van der Waals surface area contributed by atoms with E-state index in [1.165, 1.54) is 6.33 Å². The van der Waals surface area contributed by atoms with Crippen LogP contribution < -0.4 is 10.2 Å². The van der Waals surface area contributed by atoms with Crippen molar-refractivity contribution in [1.29, 1.82) is 0 Å². The molecule has 0 aliphatic carbocycles. The van der Waals surface area contributed by atoms with Crippen molar-refractivity contribution >= 4 is 11.8 Å². The van der Waals surface area contributed by atoms with Gasteiger partial charge < -0.3 is 10.2 Å². The van der Waals surface area contributed by atoms with Crippen LogP contribution in [0.2, 0.25) is 0 Å². The van der Waals surface area contributed by atoms with Gasteiger partial charge in [0.15, 0.2) is 11.6 Å². The maximum absolute atomic E-state index is 14.1. The fraction of sp³-hybridized carbons (Fsp3) is 0.429. The Morgan fingerprint density at radius 3 is 2.79 bits per heavy atom. The van der Waals surface area contributed by atoms with Crippen LogP contribution in [0.1, 0.15) is 17.8 Å². The van der Waals surface area contributed by atoms with Gasteiger partial charge in [-0.05, 0) is 19.4 Å². The number of aromatic nitrogens is 4. The van der Waals surface area contributed by atoms with E-state index in [1.54, 1.807) is 11.8 Å². The lowest BCUT2D eigenvalue weighted by Gasteiger charge is -2.19. The highest BCUT2D eigenvalue weighted by Crippen LogP contribution is 2.28. The normalized spacial score (nSPS) is 18.0. The molecule has 0 aromatic carbocycles. The molecule has 1 atom stereocenters. The second-order valence-electron chi connectivity index (χ2n) is 5.44. The lowest BCUT2D eigenvalue weighted by atomic mass is 10.3. The molecule has 0 bridgehead atoms. The Kier molecular flexibility index (Phi) is 4.20. The molecule has 24 heavy (non-hydrogen) atoms. The summed E-state index contributed by atoms with van der Waals surface area (Å²) in [4.78, 5) is 16.7. The molecule has 0 spiro atoms. The van der Waals surface area contributed by atoms with Crippen LogP contribution in [0.15, 0.2) is 18.6 Å². The van der Waals surface area contributed by atoms with Crippen LogP contribution in [-0.2, 0) is 6.18 Å². The highest BCUT2D eigenvalue weighted by molar-refractivity contribution is 5.43. The van der Waals surface area contributed by atoms with E-state index in [0.29, 0.717) is 19.5 Å².